The van der Waals surface area contributed by atoms with E-state index in [4.69, 9.17) is 0 Å². The Hall–Kier alpha value is -2.09. The lowest BCUT2D eigenvalue weighted by atomic mass is 9.69. The number of anilines is 1. The number of hydrogen-bond acceptors (Lipinski definition) is 1. The van der Waals surface area contributed by atoms with Gasteiger partial charge in [-0.25, -0.2) is 0 Å². The van der Waals surface area contributed by atoms with E-state index >= 15 is 0 Å². The van der Waals surface area contributed by atoms with Crippen LogP contribution < -0.4 is 9.47 Å². The molecule has 0 aliphatic carbocycles. The maximum absolute atomic E-state index is 2.65. The van der Waals surface area contributed by atoms with Crippen molar-refractivity contribution < 1.29 is 4.57 Å². The molecular formula is C25H31N2+. The van der Waals surface area contributed by atoms with Gasteiger partial charge >= 0.3 is 0 Å². The van der Waals surface area contributed by atoms with Gasteiger partial charge in [-0.1, -0.05) is 27.7 Å². The summed E-state index contributed by atoms with van der Waals surface area (Å²) in [5, 5.41) is 0. The highest BCUT2D eigenvalue weighted by Gasteiger charge is 2.40. The van der Waals surface area contributed by atoms with Crippen LogP contribution in [0.5, 0.6) is 0 Å². The first-order valence-corrected chi connectivity index (χ1v) is 10.5. The quantitative estimate of drug-likeness (QED) is 0.644. The van der Waals surface area contributed by atoms with Gasteiger partial charge in [0, 0.05) is 42.9 Å². The molecule has 5 rings (SSSR count). The normalized spacial score (nSPS) is 23.3. The predicted octanol–water partition coefficient (Wildman–Crippen LogP) is 5.09. The minimum atomic E-state index is 0.255. The number of benzene rings is 1. The molecule has 27 heavy (non-hydrogen) atoms. The standard InChI is InChI=1S/C25H31N2/c1-24(2)9-13-27-14-10-25(3,4)21-17-18(16-20(24)23(21)27)15-19-8-12-26-11-6-5-7-22(19)26/h5-7,11,15-17H,8-10,12-14H2,1-4H3/q+1. The fraction of sp³-hybridized carbons (Fsp3) is 0.480. The van der Waals surface area contributed by atoms with Crippen LogP contribution >= 0.6 is 0 Å². The van der Waals surface area contributed by atoms with E-state index < -0.39 is 0 Å². The summed E-state index contributed by atoms with van der Waals surface area (Å²) in [6.45, 7) is 13.2. The van der Waals surface area contributed by atoms with Gasteiger partial charge in [-0.05, 0) is 64.6 Å². The van der Waals surface area contributed by atoms with Crippen molar-refractivity contribution in [1.29, 1.82) is 0 Å². The fourth-order valence-electron chi connectivity index (χ4n) is 5.23. The van der Waals surface area contributed by atoms with Crippen LogP contribution in [0.4, 0.5) is 5.69 Å². The maximum Gasteiger partial charge on any atom is 0.208 e. The van der Waals surface area contributed by atoms with Gasteiger partial charge in [0.1, 0.15) is 0 Å². The van der Waals surface area contributed by atoms with Gasteiger partial charge in [0.15, 0.2) is 12.7 Å². The Bertz CT molecular complexity index is 908. The monoisotopic (exact) mass is 359 g/mol. The molecule has 1 aromatic carbocycles. The molecule has 2 aromatic rings. The third kappa shape index (κ3) is 2.64. The number of aromatic nitrogens is 1. The molecule has 2 nitrogen and oxygen atoms in total. The average molecular weight is 360 g/mol. The number of rotatable bonds is 1. The van der Waals surface area contributed by atoms with E-state index in [1.165, 1.54) is 42.8 Å². The van der Waals surface area contributed by atoms with E-state index in [9.17, 15) is 0 Å². The summed E-state index contributed by atoms with van der Waals surface area (Å²) in [5.74, 6) is 0. The molecule has 0 amide bonds. The number of pyridine rings is 1. The molecule has 0 bridgehead atoms. The Balaban J connectivity index is 1.69. The summed E-state index contributed by atoms with van der Waals surface area (Å²) >= 11 is 0. The molecule has 0 radical (unpaired) electrons. The van der Waals surface area contributed by atoms with Crippen LogP contribution in [0.15, 0.2) is 36.5 Å². The molecule has 0 fully saturated rings. The zero-order valence-corrected chi connectivity index (χ0v) is 17.2. The average Bonchev–Trinajstić information content (AvgIpc) is 3.03. The van der Waals surface area contributed by atoms with Crippen molar-refractivity contribution in [2.45, 2.75) is 64.3 Å². The SMILES string of the molecule is CC1(C)CCN2CCC(C)(C)c3cc(C=C4CC[n+]5ccccc54)cc1c32. The van der Waals surface area contributed by atoms with Crippen molar-refractivity contribution in [1.82, 2.24) is 0 Å². The molecule has 140 valence electrons. The van der Waals surface area contributed by atoms with Crippen molar-refractivity contribution in [3.05, 3.63) is 58.9 Å². The van der Waals surface area contributed by atoms with E-state index in [0.29, 0.717) is 0 Å². The number of hydrogen-bond donors (Lipinski definition) is 0. The zero-order valence-electron chi connectivity index (χ0n) is 17.2. The second-order valence-corrected chi connectivity index (χ2v) is 9.92. The maximum atomic E-state index is 2.65. The van der Waals surface area contributed by atoms with Gasteiger partial charge in [-0.2, -0.15) is 4.57 Å². The third-order valence-electron chi connectivity index (χ3n) is 7.15. The summed E-state index contributed by atoms with van der Waals surface area (Å²) in [6.07, 6.45) is 8.29. The first kappa shape index (κ1) is 17.0. The van der Waals surface area contributed by atoms with Gasteiger partial charge in [-0.15, -0.1) is 0 Å². The summed E-state index contributed by atoms with van der Waals surface area (Å²) in [5.41, 5.74) is 9.42. The molecule has 0 saturated heterocycles. The molecule has 3 aliphatic rings. The number of aryl methyl sites for hydroxylation is 1. The Labute approximate surface area is 163 Å². The van der Waals surface area contributed by atoms with E-state index in [1.807, 2.05) is 0 Å². The van der Waals surface area contributed by atoms with E-state index in [2.05, 4.69) is 79.8 Å². The predicted molar refractivity (Wildman–Crippen MR) is 113 cm³/mol. The van der Waals surface area contributed by atoms with Gasteiger partial charge in [0.2, 0.25) is 5.69 Å². The van der Waals surface area contributed by atoms with Crippen LogP contribution in [-0.2, 0) is 17.4 Å². The van der Waals surface area contributed by atoms with Crippen LogP contribution in [0.25, 0.3) is 11.6 Å². The van der Waals surface area contributed by atoms with Gasteiger partial charge in [0.25, 0.3) is 0 Å². The summed E-state index contributed by atoms with van der Waals surface area (Å²) in [7, 11) is 0. The molecule has 3 aliphatic heterocycles. The largest absolute Gasteiger partial charge is 0.371 e. The minimum absolute atomic E-state index is 0.255. The van der Waals surface area contributed by atoms with Crippen LogP contribution in [0, 0.1) is 0 Å². The Morgan fingerprint density at radius 2 is 1.63 bits per heavy atom. The van der Waals surface area contributed by atoms with E-state index in [-0.39, 0.29) is 10.8 Å². The lowest BCUT2D eigenvalue weighted by Gasteiger charge is -2.48. The van der Waals surface area contributed by atoms with Crippen LogP contribution in [0.3, 0.4) is 0 Å². The zero-order chi connectivity index (χ0) is 18.8. The summed E-state index contributed by atoms with van der Waals surface area (Å²) in [4.78, 5) is 2.65. The summed E-state index contributed by atoms with van der Waals surface area (Å²) in [6, 6.07) is 11.5. The topological polar surface area (TPSA) is 7.12 Å². The lowest BCUT2D eigenvalue weighted by Crippen LogP contribution is -2.44. The Morgan fingerprint density at radius 3 is 2.30 bits per heavy atom. The Morgan fingerprint density at radius 1 is 0.963 bits per heavy atom. The van der Waals surface area contributed by atoms with Crippen molar-refractivity contribution in [3.63, 3.8) is 0 Å². The number of allylic oxidation sites excluding steroid dienone is 1. The van der Waals surface area contributed by atoms with Crippen molar-refractivity contribution >= 4 is 17.3 Å². The van der Waals surface area contributed by atoms with E-state index in [0.717, 1.165) is 13.0 Å². The lowest BCUT2D eigenvalue weighted by molar-refractivity contribution is -0.689. The highest BCUT2D eigenvalue weighted by atomic mass is 15.2. The van der Waals surface area contributed by atoms with Crippen LogP contribution in [0.2, 0.25) is 0 Å². The second kappa shape index (κ2) is 5.70. The summed E-state index contributed by atoms with van der Waals surface area (Å²) < 4.78 is 2.38. The molecule has 0 saturated carbocycles. The molecule has 0 N–H and O–H groups in total. The molecule has 0 unspecified atom stereocenters. The van der Waals surface area contributed by atoms with Gasteiger partial charge in [0.05, 0.1) is 0 Å². The first-order valence-electron chi connectivity index (χ1n) is 10.5. The molecular weight excluding hydrogens is 328 g/mol. The first-order chi connectivity index (χ1) is 12.9. The van der Waals surface area contributed by atoms with Crippen molar-refractivity contribution in [3.8, 4) is 0 Å². The van der Waals surface area contributed by atoms with Gasteiger partial charge in [-0.3, -0.25) is 0 Å². The molecule has 0 atom stereocenters. The highest BCUT2D eigenvalue weighted by molar-refractivity contribution is 5.82. The minimum Gasteiger partial charge on any atom is -0.371 e. The van der Waals surface area contributed by atoms with Crippen molar-refractivity contribution in [2.75, 3.05) is 18.0 Å². The molecule has 2 heteroatoms. The number of fused-ring (bicyclic) bond motifs is 1. The third-order valence-corrected chi connectivity index (χ3v) is 7.15. The Kier molecular flexibility index (Phi) is 3.60. The van der Waals surface area contributed by atoms with Crippen LogP contribution in [-0.4, -0.2) is 13.1 Å². The molecule has 0 spiro atoms. The number of nitrogens with zero attached hydrogens (tertiary/aromatic N) is 2. The van der Waals surface area contributed by atoms with Crippen molar-refractivity contribution in [2.24, 2.45) is 0 Å². The smallest absolute Gasteiger partial charge is 0.208 e. The second-order valence-electron chi connectivity index (χ2n) is 9.92. The van der Waals surface area contributed by atoms with Gasteiger partial charge < -0.3 is 4.90 Å². The highest BCUT2D eigenvalue weighted by Crippen LogP contribution is 2.49. The van der Waals surface area contributed by atoms with E-state index in [1.54, 1.807) is 16.8 Å². The van der Waals surface area contributed by atoms with Crippen LogP contribution in [0.1, 0.15) is 69.3 Å². The molecule has 1 aromatic heterocycles. The fourth-order valence-corrected chi connectivity index (χ4v) is 5.23. The molecule has 4 heterocycles.